The van der Waals surface area contributed by atoms with Crippen molar-refractivity contribution in [2.45, 2.75) is 72.8 Å². The van der Waals surface area contributed by atoms with E-state index in [-0.39, 0.29) is 0 Å². The first kappa shape index (κ1) is 19.9. The molecule has 1 aliphatic heterocycles. The first-order valence-corrected chi connectivity index (χ1v) is 9.28. The SMILES string of the molecule is CC(C)CCCC1CN(CCOCCCC(C)(C)C)CCO1. The van der Waals surface area contributed by atoms with Crippen molar-refractivity contribution in [3.8, 4) is 0 Å². The molecule has 0 amide bonds. The van der Waals surface area contributed by atoms with E-state index < -0.39 is 0 Å². The number of rotatable bonds is 10. The summed E-state index contributed by atoms with van der Waals surface area (Å²) >= 11 is 0. The molecular weight excluding hydrogens is 274 g/mol. The Balaban J connectivity index is 2.03. The summed E-state index contributed by atoms with van der Waals surface area (Å²) in [5.41, 5.74) is 0.427. The van der Waals surface area contributed by atoms with Crippen LogP contribution in [-0.4, -0.2) is 50.5 Å². The minimum absolute atomic E-state index is 0.427. The Labute approximate surface area is 138 Å². The zero-order valence-electron chi connectivity index (χ0n) is 15.7. The molecule has 0 radical (unpaired) electrons. The second kappa shape index (κ2) is 10.6. The Morgan fingerprint density at radius 1 is 1.18 bits per heavy atom. The van der Waals surface area contributed by atoms with E-state index in [9.17, 15) is 0 Å². The van der Waals surface area contributed by atoms with E-state index in [2.05, 4.69) is 39.5 Å². The lowest BCUT2D eigenvalue weighted by Gasteiger charge is -2.33. The quantitative estimate of drug-likeness (QED) is 0.559. The summed E-state index contributed by atoms with van der Waals surface area (Å²) in [5.74, 6) is 0.807. The molecule has 1 atom stereocenters. The number of hydrogen-bond acceptors (Lipinski definition) is 3. The van der Waals surface area contributed by atoms with Crippen LogP contribution in [0.5, 0.6) is 0 Å². The maximum absolute atomic E-state index is 5.89. The van der Waals surface area contributed by atoms with Crippen LogP contribution in [-0.2, 0) is 9.47 Å². The molecule has 0 aromatic heterocycles. The van der Waals surface area contributed by atoms with Gasteiger partial charge in [-0.2, -0.15) is 0 Å². The fourth-order valence-corrected chi connectivity index (χ4v) is 2.91. The lowest BCUT2D eigenvalue weighted by atomic mass is 9.91. The van der Waals surface area contributed by atoms with Crippen LogP contribution >= 0.6 is 0 Å². The zero-order valence-corrected chi connectivity index (χ0v) is 15.7. The van der Waals surface area contributed by atoms with Gasteiger partial charge in [0, 0.05) is 26.2 Å². The van der Waals surface area contributed by atoms with E-state index >= 15 is 0 Å². The topological polar surface area (TPSA) is 21.7 Å². The van der Waals surface area contributed by atoms with Gasteiger partial charge in [-0.05, 0) is 30.6 Å². The summed E-state index contributed by atoms with van der Waals surface area (Å²) in [6, 6.07) is 0. The van der Waals surface area contributed by atoms with Gasteiger partial charge in [-0.3, -0.25) is 4.90 Å². The van der Waals surface area contributed by atoms with Crippen LogP contribution in [0.25, 0.3) is 0 Å². The van der Waals surface area contributed by atoms with Crippen molar-refractivity contribution in [1.29, 1.82) is 0 Å². The van der Waals surface area contributed by atoms with Crippen molar-refractivity contribution in [3.63, 3.8) is 0 Å². The van der Waals surface area contributed by atoms with Gasteiger partial charge in [0.25, 0.3) is 0 Å². The predicted molar refractivity (Wildman–Crippen MR) is 94.4 cm³/mol. The van der Waals surface area contributed by atoms with E-state index in [1.54, 1.807) is 0 Å². The van der Waals surface area contributed by atoms with Crippen LogP contribution in [0, 0.1) is 11.3 Å². The molecule has 0 N–H and O–H groups in total. The average Bonchev–Trinajstić information content (AvgIpc) is 2.41. The molecular formula is C19H39NO2. The summed E-state index contributed by atoms with van der Waals surface area (Å²) in [4.78, 5) is 2.51. The van der Waals surface area contributed by atoms with E-state index in [0.29, 0.717) is 11.5 Å². The van der Waals surface area contributed by atoms with Crippen LogP contribution < -0.4 is 0 Å². The Morgan fingerprint density at radius 2 is 1.95 bits per heavy atom. The number of morpholine rings is 1. The zero-order chi connectivity index (χ0) is 16.4. The van der Waals surface area contributed by atoms with Crippen molar-refractivity contribution in [3.05, 3.63) is 0 Å². The number of hydrogen-bond donors (Lipinski definition) is 0. The molecule has 1 unspecified atom stereocenters. The third-order valence-electron chi connectivity index (χ3n) is 4.30. The standard InChI is InChI=1S/C19H39NO2/c1-17(2)8-6-9-18-16-20(12-15-22-18)11-14-21-13-7-10-19(3,4)5/h17-18H,6-16H2,1-5H3. The van der Waals surface area contributed by atoms with Crippen molar-refractivity contribution in [2.24, 2.45) is 11.3 Å². The highest BCUT2D eigenvalue weighted by Crippen LogP contribution is 2.20. The van der Waals surface area contributed by atoms with Gasteiger partial charge < -0.3 is 9.47 Å². The van der Waals surface area contributed by atoms with E-state index in [4.69, 9.17) is 9.47 Å². The third-order valence-corrected chi connectivity index (χ3v) is 4.30. The molecule has 0 aromatic rings. The summed E-state index contributed by atoms with van der Waals surface area (Å²) < 4.78 is 11.7. The predicted octanol–water partition coefficient (Wildman–Crippen LogP) is 4.36. The molecule has 0 spiro atoms. The lowest BCUT2D eigenvalue weighted by Crippen LogP contribution is -2.43. The van der Waals surface area contributed by atoms with Crippen LogP contribution in [0.1, 0.15) is 66.7 Å². The maximum Gasteiger partial charge on any atom is 0.0702 e. The normalized spacial score (nSPS) is 20.7. The van der Waals surface area contributed by atoms with Gasteiger partial charge in [-0.1, -0.05) is 47.5 Å². The van der Waals surface area contributed by atoms with Crippen LogP contribution in [0.4, 0.5) is 0 Å². The van der Waals surface area contributed by atoms with Crippen molar-refractivity contribution < 1.29 is 9.47 Å². The van der Waals surface area contributed by atoms with E-state index in [0.717, 1.165) is 45.4 Å². The van der Waals surface area contributed by atoms with Gasteiger partial charge in [0.1, 0.15) is 0 Å². The maximum atomic E-state index is 5.89. The Bertz CT molecular complexity index is 273. The fraction of sp³-hybridized carbons (Fsp3) is 1.00. The average molecular weight is 314 g/mol. The Hall–Kier alpha value is -0.120. The lowest BCUT2D eigenvalue weighted by molar-refractivity contribution is -0.0407. The summed E-state index contributed by atoms with van der Waals surface area (Å²) in [7, 11) is 0. The van der Waals surface area contributed by atoms with Gasteiger partial charge in [0.2, 0.25) is 0 Å². The highest BCUT2D eigenvalue weighted by atomic mass is 16.5. The molecule has 0 bridgehead atoms. The van der Waals surface area contributed by atoms with Crippen LogP contribution in [0.15, 0.2) is 0 Å². The van der Waals surface area contributed by atoms with E-state index in [1.165, 1.54) is 32.1 Å². The van der Waals surface area contributed by atoms with Crippen molar-refractivity contribution in [2.75, 3.05) is 39.5 Å². The largest absolute Gasteiger partial charge is 0.380 e. The van der Waals surface area contributed by atoms with Gasteiger partial charge in [-0.15, -0.1) is 0 Å². The van der Waals surface area contributed by atoms with Gasteiger partial charge in [0.05, 0.1) is 19.3 Å². The van der Waals surface area contributed by atoms with Crippen LogP contribution in [0.3, 0.4) is 0 Å². The van der Waals surface area contributed by atoms with Gasteiger partial charge >= 0.3 is 0 Å². The van der Waals surface area contributed by atoms with Gasteiger partial charge in [-0.25, -0.2) is 0 Å². The molecule has 1 rings (SSSR count). The minimum atomic E-state index is 0.427. The molecule has 3 nitrogen and oxygen atoms in total. The summed E-state index contributed by atoms with van der Waals surface area (Å²) in [6.07, 6.45) is 6.66. The first-order valence-electron chi connectivity index (χ1n) is 9.28. The Kier molecular flexibility index (Phi) is 9.62. The molecule has 0 aromatic carbocycles. The second-order valence-electron chi connectivity index (χ2n) is 8.39. The van der Waals surface area contributed by atoms with E-state index in [1.807, 2.05) is 0 Å². The highest BCUT2D eigenvalue weighted by molar-refractivity contribution is 4.71. The molecule has 3 heteroatoms. The van der Waals surface area contributed by atoms with Crippen molar-refractivity contribution in [1.82, 2.24) is 4.90 Å². The minimum Gasteiger partial charge on any atom is -0.380 e. The molecule has 22 heavy (non-hydrogen) atoms. The molecule has 1 aliphatic rings. The summed E-state index contributed by atoms with van der Waals surface area (Å²) in [6.45, 7) is 17.3. The molecule has 0 saturated carbocycles. The van der Waals surface area contributed by atoms with Crippen LogP contribution in [0.2, 0.25) is 0 Å². The molecule has 1 heterocycles. The monoisotopic (exact) mass is 313 g/mol. The number of ether oxygens (including phenoxy) is 2. The third kappa shape index (κ3) is 10.6. The smallest absolute Gasteiger partial charge is 0.0702 e. The Morgan fingerprint density at radius 3 is 2.64 bits per heavy atom. The highest BCUT2D eigenvalue weighted by Gasteiger charge is 2.19. The first-order chi connectivity index (χ1) is 10.4. The fourth-order valence-electron chi connectivity index (χ4n) is 2.91. The molecule has 1 fully saturated rings. The van der Waals surface area contributed by atoms with Crippen molar-refractivity contribution >= 4 is 0 Å². The molecule has 132 valence electrons. The summed E-state index contributed by atoms with van der Waals surface area (Å²) in [5, 5.41) is 0. The van der Waals surface area contributed by atoms with Gasteiger partial charge in [0.15, 0.2) is 0 Å². The number of nitrogens with zero attached hydrogens (tertiary/aromatic N) is 1. The molecule has 1 saturated heterocycles. The second-order valence-corrected chi connectivity index (χ2v) is 8.39. The molecule has 0 aliphatic carbocycles.